The van der Waals surface area contributed by atoms with Gasteiger partial charge in [-0.05, 0) is 24.3 Å². The van der Waals surface area contributed by atoms with Gasteiger partial charge in [0.25, 0.3) is 11.6 Å². The molecule has 0 unspecified atom stereocenters. The molecule has 3 heterocycles. The Morgan fingerprint density at radius 1 is 0.929 bits per heavy atom. The number of rotatable bonds is 3. The first kappa shape index (κ1) is 16.2. The molecular weight excluding hydrogens is 358 g/mol. The van der Waals surface area contributed by atoms with Crippen LogP contribution in [0.1, 0.15) is 15.9 Å². The zero-order valence-electron chi connectivity index (χ0n) is 14.5. The first-order valence-corrected chi connectivity index (χ1v) is 8.68. The van der Waals surface area contributed by atoms with Crippen LogP contribution in [0.2, 0.25) is 0 Å². The topological polar surface area (TPSA) is 87.1 Å². The van der Waals surface area contributed by atoms with E-state index < -0.39 is 4.92 Å². The molecule has 1 aliphatic heterocycles. The van der Waals surface area contributed by atoms with Gasteiger partial charge in [0.05, 0.1) is 28.4 Å². The lowest BCUT2D eigenvalue weighted by atomic mass is 10.1. The molecule has 7 nitrogen and oxygen atoms in total. The predicted octanol–water partition coefficient (Wildman–Crippen LogP) is 3.43. The van der Waals surface area contributed by atoms with Crippen molar-refractivity contribution in [3.63, 3.8) is 0 Å². The SMILES string of the molecule is O=C1c2c(n(Cc3ccccc3[N+](=O)[O-])c3ccccc3c2=O)-c2cccn21. The minimum atomic E-state index is -0.422. The Kier molecular flexibility index (Phi) is 3.33. The number of hydrogen-bond acceptors (Lipinski definition) is 4. The van der Waals surface area contributed by atoms with E-state index in [1.54, 1.807) is 60.8 Å². The highest BCUT2D eigenvalue weighted by Gasteiger charge is 2.33. The van der Waals surface area contributed by atoms with Gasteiger partial charge in [0.1, 0.15) is 5.56 Å². The molecule has 7 heteroatoms. The summed E-state index contributed by atoms with van der Waals surface area (Å²) in [6.45, 7) is 0.165. The Morgan fingerprint density at radius 3 is 2.50 bits per heavy atom. The molecule has 4 aromatic rings. The zero-order valence-corrected chi connectivity index (χ0v) is 14.5. The fourth-order valence-corrected chi connectivity index (χ4v) is 3.89. The van der Waals surface area contributed by atoms with Crippen molar-refractivity contribution >= 4 is 22.5 Å². The van der Waals surface area contributed by atoms with Crippen molar-refractivity contribution in [3.05, 3.63) is 98.3 Å². The van der Waals surface area contributed by atoms with Crippen LogP contribution >= 0.6 is 0 Å². The van der Waals surface area contributed by atoms with Crippen LogP contribution < -0.4 is 5.43 Å². The van der Waals surface area contributed by atoms with Crippen molar-refractivity contribution in [2.24, 2.45) is 0 Å². The fraction of sp³-hybridized carbons (Fsp3) is 0.0476. The monoisotopic (exact) mass is 371 g/mol. The van der Waals surface area contributed by atoms with Gasteiger partial charge in [-0.2, -0.15) is 0 Å². The number of fused-ring (bicyclic) bond motifs is 4. The first-order valence-electron chi connectivity index (χ1n) is 8.68. The highest BCUT2D eigenvalue weighted by atomic mass is 16.6. The molecule has 0 radical (unpaired) electrons. The number of carbonyl (C=O) groups excluding carboxylic acids is 1. The lowest BCUT2D eigenvalue weighted by Gasteiger charge is -2.16. The first-order chi connectivity index (χ1) is 13.6. The van der Waals surface area contributed by atoms with E-state index in [1.165, 1.54) is 10.6 Å². The second-order valence-corrected chi connectivity index (χ2v) is 6.61. The number of pyridine rings is 1. The summed E-state index contributed by atoms with van der Waals surface area (Å²) in [5, 5.41) is 11.9. The average molecular weight is 371 g/mol. The number of hydrogen-bond donors (Lipinski definition) is 0. The number of nitro groups is 1. The van der Waals surface area contributed by atoms with Gasteiger partial charge in [-0.3, -0.25) is 24.3 Å². The molecule has 1 aliphatic rings. The van der Waals surface area contributed by atoms with Gasteiger partial charge >= 0.3 is 0 Å². The number of nitro benzene ring substituents is 1. The van der Waals surface area contributed by atoms with Crippen LogP contribution in [-0.2, 0) is 6.54 Å². The number of nitrogens with zero attached hydrogens (tertiary/aromatic N) is 3. The molecule has 0 spiro atoms. The number of carbonyl (C=O) groups is 1. The van der Waals surface area contributed by atoms with Crippen LogP contribution in [0.3, 0.4) is 0 Å². The van der Waals surface area contributed by atoms with Gasteiger partial charge in [-0.25, -0.2) is 0 Å². The summed E-state index contributed by atoms with van der Waals surface area (Å²) in [4.78, 5) is 36.9. The van der Waals surface area contributed by atoms with Crippen molar-refractivity contribution in [1.82, 2.24) is 9.13 Å². The summed E-state index contributed by atoms with van der Waals surface area (Å²) in [6.07, 6.45) is 1.62. The maximum atomic E-state index is 13.0. The molecule has 0 fully saturated rings. The van der Waals surface area contributed by atoms with Crippen molar-refractivity contribution in [3.8, 4) is 11.4 Å². The second-order valence-electron chi connectivity index (χ2n) is 6.61. The van der Waals surface area contributed by atoms with Gasteiger partial charge in [-0.1, -0.05) is 30.3 Å². The van der Waals surface area contributed by atoms with Crippen molar-refractivity contribution < 1.29 is 9.72 Å². The minimum Gasteiger partial charge on any atom is -0.334 e. The Hall–Kier alpha value is -4.00. The third kappa shape index (κ3) is 2.10. The quantitative estimate of drug-likeness (QED) is 0.359. The van der Waals surface area contributed by atoms with E-state index in [0.29, 0.717) is 27.9 Å². The van der Waals surface area contributed by atoms with Gasteiger partial charge in [0, 0.05) is 23.2 Å². The molecule has 0 bridgehead atoms. The normalized spacial score (nSPS) is 12.2. The number of benzene rings is 2. The Labute approximate surface area is 158 Å². The molecule has 0 saturated carbocycles. The largest absolute Gasteiger partial charge is 0.334 e. The van der Waals surface area contributed by atoms with E-state index in [9.17, 15) is 19.7 Å². The van der Waals surface area contributed by atoms with Crippen LogP contribution in [0, 0.1) is 10.1 Å². The summed E-state index contributed by atoms with van der Waals surface area (Å²) in [5.41, 5.74) is 2.02. The summed E-state index contributed by atoms with van der Waals surface area (Å²) in [5.74, 6) is -0.373. The summed E-state index contributed by atoms with van der Waals surface area (Å²) >= 11 is 0. The van der Waals surface area contributed by atoms with Gasteiger partial charge in [0.15, 0.2) is 0 Å². The Morgan fingerprint density at radius 2 is 1.68 bits per heavy atom. The highest BCUT2D eigenvalue weighted by molar-refractivity contribution is 6.10. The molecule has 0 amide bonds. The molecule has 5 rings (SSSR count). The highest BCUT2D eigenvalue weighted by Crippen LogP contribution is 2.34. The predicted molar refractivity (Wildman–Crippen MR) is 104 cm³/mol. The smallest absolute Gasteiger partial charge is 0.274 e. The average Bonchev–Trinajstić information content (AvgIpc) is 3.28. The molecule has 0 atom stereocenters. The minimum absolute atomic E-state index is 0.00117. The van der Waals surface area contributed by atoms with Gasteiger partial charge in [-0.15, -0.1) is 0 Å². The molecule has 0 aliphatic carbocycles. The molecule has 0 saturated heterocycles. The van der Waals surface area contributed by atoms with Gasteiger partial charge < -0.3 is 4.57 Å². The summed E-state index contributed by atoms with van der Waals surface area (Å²) in [6, 6.07) is 17.0. The van der Waals surface area contributed by atoms with Gasteiger partial charge in [0.2, 0.25) is 5.43 Å². The van der Waals surface area contributed by atoms with Crippen LogP contribution in [-0.4, -0.2) is 20.0 Å². The summed E-state index contributed by atoms with van der Waals surface area (Å²) in [7, 11) is 0. The maximum Gasteiger partial charge on any atom is 0.274 e. The lowest BCUT2D eigenvalue weighted by Crippen LogP contribution is -2.20. The molecule has 2 aromatic carbocycles. The molecule has 2 aromatic heterocycles. The standard InChI is InChI=1S/C21H13N3O4/c25-20-14-7-2-4-9-16(14)23(12-13-6-1-3-8-15(13)24(27)28)19-17-10-5-11-22(17)21(26)18(19)20/h1-11H,12H2. The third-order valence-corrected chi connectivity index (χ3v) is 5.11. The number of aromatic nitrogens is 2. The van der Waals surface area contributed by atoms with E-state index in [2.05, 4.69) is 0 Å². The van der Waals surface area contributed by atoms with E-state index in [0.717, 1.165) is 0 Å². The second kappa shape index (κ2) is 5.75. The van der Waals surface area contributed by atoms with Crippen LogP contribution in [0.5, 0.6) is 0 Å². The van der Waals surface area contributed by atoms with E-state index >= 15 is 0 Å². The Bertz CT molecular complexity index is 1360. The van der Waals surface area contributed by atoms with Crippen molar-refractivity contribution in [2.45, 2.75) is 6.54 Å². The summed E-state index contributed by atoms with van der Waals surface area (Å²) < 4.78 is 3.27. The van der Waals surface area contributed by atoms with Crippen molar-refractivity contribution in [1.29, 1.82) is 0 Å². The maximum absolute atomic E-state index is 13.0. The van der Waals surface area contributed by atoms with Crippen LogP contribution in [0.15, 0.2) is 71.7 Å². The fourth-order valence-electron chi connectivity index (χ4n) is 3.89. The molecule has 28 heavy (non-hydrogen) atoms. The van der Waals surface area contributed by atoms with Crippen LogP contribution in [0.4, 0.5) is 5.69 Å². The molecule has 136 valence electrons. The van der Waals surface area contributed by atoms with E-state index in [4.69, 9.17) is 0 Å². The zero-order chi connectivity index (χ0) is 19.4. The van der Waals surface area contributed by atoms with E-state index in [1.807, 2.05) is 4.57 Å². The number of para-hydroxylation sites is 2. The molecule has 0 N–H and O–H groups in total. The van der Waals surface area contributed by atoms with Crippen molar-refractivity contribution in [2.75, 3.05) is 0 Å². The lowest BCUT2D eigenvalue weighted by molar-refractivity contribution is -0.385. The molecular formula is C21H13N3O4. The van der Waals surface area contributed by atoms with Crippen LogP contribution in [0.25, 0.3) is 22.3 Å². The van der Waals surface area contributed by atoms with E-state index in [-0.39, 0.29) is 29.1 Å². The third-order valence-electron chi connectivity index (χ3n) is 5.11. The Balaban J connectivity index is 1.87.